The molecule has 2 saturated heterocycles. The number of piperidine rings is 1. The standard InChI is InChI=1S/C22H35ClN4O2.HI/c1-2-24-22(25-12-6-14-29-19-10-15-28-16-11-19)26-18-7-5-13-27(17-18)21-9-4-3-8-20(21)23;/h3-4,8-9,18-19H,2,5-7,10-17H2,1H3,(H2,24,25,26);1H. The van der Waals surface area contributed by atoms with Crippen LogP contribution in [-0.4, -0.2) is 64.1 Å². The van der Waals surface area contributed by atoms with Crippen molar-refractivity contribution < 1.29 is 9.47 Å². The highest BCUT2D eigenvalue weighted by Gasteiger charge is 2.22. The van der Waals surface area contributed by atoms with Crippen LogP contribution in [0.3, 0.4) is 0 Å². The number of hydrogen-bond donors (Lipinski definition) is 2. The molecule has 0 aromatic heterocycles. The van der Waals surface area contributed by atoms with Gasteiger partial charge in [0, 0.05) is 52.0 Å². The molecule has 0 saturated carbocycles. The third-order valence-corrected chi connectivity index (χ3v) is 5.71. The molecule has 2 N–H and O–H groups in total. The summed E-state index contributed by atoms with van der Waals surface area (Å²) in [4.78, 5) is 7.12. The summed E-state index contributed by atoms with van der Waals surface area (Å²) in [5, 5.41) is 7.80. The number of guanidine groups is 1. The van der Waals surface area contributed by atoms with Gasteiger partial charge in [0.05, 0.1) is 16.8 Å². The number of halogens is 2. The molecule has 2 heterocycles. The molecule has 1 aromatic rings. The van der Waals surface area contributed by atoms with Gasteiger partial charge < -0.3 is 25.0 Å². The highest BCUT2D eigenvalue weighted by Crippen LogP contribution is 2.27. The molecule has 2 fully saturated rings. The van der Waals surface area contributed by atoms with Gasteiger partial charge in [-0.3, -0.25) is 4.99 Å². The molecule has 3 rings (SSSR count). The number of nitrogens with one attached hydrogen (secondary N) is 2. The summed E-state index contributed by atoms with van der Waals surface area (Å²) in [6, 6.07) is 8.44. The van der Waals surface area contributed by atoms with Crippen molar-refractivity contribution in [3.8, 4) is 0 Å². The first kappa shape index (κ1) is 25.5. The molecule has 0 aliphatic carbocycles. The average Bonchev–Trinajstić information content (AvgIpc) is 2.75. The first-order valence-corrected chi connectivity index (χ1v) is 11.4. The van der Waals surface area contributed by atoms with Gasteiger partial charge in [-0.15, -0.1) is 24.0 Å². The van der Waals surface area contributed by atoms with Gasteiger partial charge in [-0.05, 0) is 51.2 Å². The molecule has 1 atom stereocenters. The summed E-state index contributed by atoms with van der Waals surface area (Å²) in [7, 11) is 0. The summed E-state index contributed by atoms with van der Waals surface area (Å²) in [6.45, 7) is 8.10. The third kappa shape index (κ3) is 8.40. The van der Waals surface area contributed by atoms with E-state index in [0.717, 1.165) is 94.8 Å². The molecule has 6 nitrogen and oxygen atoms in total. The Morgan fingerprint density at radius 3 is 2.83 bits per heavy atom. The second kappa shape index (κ2) is 14.3. The normalized spacial score (nSPS) is 20.5. The van der Waals surface area contributed by atoms with Crippen molar-refractivity contribution in [1.82, 2.24) is 10.6 Å². The van der Waals surface area contributed by atoms with Gasteiger partial charge in [-0.2, -0.15) is 0 Å². The van der Waals surface area contributed by atoms with E-state index >= 15 is 0 Å². The van der Waals surface area contributed by atoms with Crippen LogP contribution in [0.4, 0.5) is 5.69 Å². The Hall–Kier alpha value is -0.770. The number of aliphatic imine (C=N–C) groups is 1. The molecule has 2 aliphatic heterocycles. The number of rotatable bonds is 8. The van der Waals surface area contributed by atoms with Crippen molar-refractivity contribution in [2.75, 3.05) is 50.9 Å². The molecule has 0 amide bonds. The zero-order chi connectivity index (χ0) is 20.3. The Balaban J connectivity index is 0.00000320. The number of ether oxygens (including phenoxy) is 2. The van der Waals surface area contributed by atoms with Crippen molar-refractivity contribution in [3.63, 3.8) is 0 Å². The SMILES string of the molecule is CCNC(=NCCCOC1CCOCC1)NC1CCCN(c2ccccc2Cl)C1.I. The first-order chi connectivity index (χ1) is 14.3. The Kier molecular flexibility index (Phi) is 12.2. The fourth-order valence-corrected chi connectivity index (χ4v) is 4.14. The van der Waals surface area contributed by atoms with Gasteiger partial charge in [-0.25, -0.2) is 0 Å². The van der Waals surface area contributed by atoms with Crippen LogP contribution in [0, 0.1) is 0 Å². The number of benzene rings is 1. The van der Waals surface area contributed by atoms with E-state index in [9.17, 15) is 0 Å². The smallest absolute Gasteiger partial charge is 0.191 e. The summed E-state index contributed by atoms with van der Waals surface area (Å²) in [5.41, 5.74) is 1.12. The molecule has 1 unspecified atom stereocenters. The van der Waals surface area contributed by atoms with E-state index in [1.807, 2.05) is 18.2 Å². The monoisotopic (exact) mass is 550 g/mol. The molecule has 0 radical (unpaired) electrons. The number of anilines is 1. The van der Waals surface area contributed by atoms with E-state index in [1.165, 1.54) is 0 Å². The lowest BCUT2D eigenvalue weighted by atomic mass is 10.0. The van der Waals surface area contributed by atoms with Crippen LogP contribution in [0.25, 0.3) is 0 Å². The molecule has 170 valence electrons. The van der Waals surface area contributed by atoms with E-state index in [2.05, 4.69) is 28.5 Å². The maximum absolute atomic E-state index is 6.40. The Morgan fingerprint density at radius 1 is 1.27 bits per heavy atom. The van der Waals surface area contributed by atoms with Gasteiger partial charge >= 0.3 is 0 Å². The lowest BCUT2D eigenvalue weighted by molar-refractivity contribution is -0.0318. The molecule has 2 aliphatic rings. The lowest BCUT2D eigenvalue weighted by Gasteiger charge is -2.35. The van der Waals surface area contributed by atoms with Crippen LogP contribution in [0.1, 0.15) is 39.0 Å². The topological polar surface area (TPSA) is 58.1 Å². The summed E-state index contributed by atoms with van der Waals surface area (Å²) in [6.07, 6.45) is 5.59. The van der Waals surface area contributed by atoms with Crippen molar-refractivity contribution in [1.29, 1.82) is 0 Å². The highest BCUT2D eigenvalue weighted by atomic mass is 127. The van der Waals surface area contributed by atoms with Gasteiger partial charge in [0.2, 0.25) is 0 Å². The second-order valence-corrected chi connectivity index (χ2v) is 8.08. The third-order valence-electron chi connectivity index (χ3n) is 5.39. The number of nitrogens with zero attached hydrogens (tertiary/aromatic N) is 2. The van der Waals surface area contributed by atoms with E-state index in [-0.39, 0.29) is 24.0 Å². The van der Waals surface area contributed by atoms with E-state index in [4.69, 9.17) is 26.1 Å². The predicted octanol–water partition coefficient (Wildman–Crippen LogP) is 4.07. The first-order valence-electron chi connectivity index (χ1n) is 11.0. The minimum Gasteiger partial charge on any atom is -0.381 e. The van der Waals surface area contributed by atoms with Gasteiger partial charge in [0.15, 0.2) is 5.96 Å². The molecule has 1 aromatic carbocycles. The fourth-order valence-electron chi connectivity index (χ4n) is 3.88. The molecule has 0 bridgehead atoms. The maximum Gasteiger partial charge on any atom is 0.191 e. The predicted molar refractivity (Wildman–Crippen MR) is 136 cm³/mol. The summed E-state index contributed by atoms with van der Waals surface area (Å²) < 4.78 is 11.3. The van der Waals surface area contributed by atoms with Crippen molar-refractivity contribution in [3.05, 3.63) is 29.3 Å². The largest absolute Gasteiger partial charge is 0.381 e. The number of para-hydroxylation sites is 1. The lowest BCUT2D eigenvalue weighted by Crippen LogP contribution is -2.51. The summed E-state index contributed by atoms with van der Waals surface area (Å²) in [5.74, 6) is 0.893. The van der Waals surface area contributed by atoms with Gasteiger partial charge in [-0.1, -0.05) is 23.7 Å². The van der Waals surface area contributed by atoms with Gasteiger partial charge in [0.1, 0.15) is 0 Å². The second-order valence-electron chi connectivity index (χ2n) is 7.68. The van der Waals surface area contributed by atoms with Crippen LogP contribution in [0.15, 0.2) is 29.3 Å². The van der Waals surface area contributed by atoms with Crippen LogP contribution < -0.4 is 15.5 Å². The van der Waals surface area contributed by atoms with Crippen molar-refractivity contribution >= 4 is 47.2 Å². The van der Waals surface area contributed by atoms with Gasteiger partial charge in [0.25, 0.3) is 0 Å². The highest BCUT2D eigenvalue weighted by molar-refractivity contribution is 14.0. The van der Waals surface area contributed by atoms with Crippen LogP contribution >= 0.6 is 35.6 Å². The Morgan fingerprint density at radius 2 is 2.07 bits per heavy atom. The maximum atomic E-state index is 6.40. The average molecular weight is 551 g/mol. The van der Waals surface area contributed by atoms with E-state index < -0.39 is 0 Å². The Labute approximate surface area is 203 Å². The van der Waals surface area contributed by atoms with Crippen LogP contribution in [-0.2, 0) is 9.47 Å². The minimum atomic E-state index is 0. The zero-order valence-corrected chi connectivity index (χ0v) is 21.0. The Bertz CT molecular complexity index is 643. The van der Waals surface area contributed by atoms with Crippen molar-refractivity contribution in [2.24, 2.45) is 4.99 Å². The quantitative estimate of drug-likeness (QED) is 0.221. The van der Waals surface area contributed by atoms with Crippen molar-refractivity contribution in [2.45, 2.75) is 51.2 Å². The minimum absolute atomic E-state index is 0. The molecule has 8 heteroatoms. The molecular weight excluding hydrogens is 515 g/mol. The molecule has 0 spiro atoms. The zero-order valence-electron chi connectivity index (χ0n) is 17.9. The molecule has 30 heavy (non-hydrogen) atoms. The number of hydrogen-bond acceptors (Lipinski definition) is 4. The van der Waals surface area contributed by atoms with Crippen LogP contribution in [0.5, 0.6) is 0 Å². The van der Waals surface area contributed by atoms with Crippen LogP contribution in [0.2, 0.25) is 5.02 Å². The molecular formula is C22H36ClIN4O2. The summed E-state index contributed by atoms with van der Waals surface area (Å²) >= 11 is 6.40. The van der Waals surface area contributed by atoms with E-state index in [0.29, 0.717) is 12.1 Å². The van der Waals surface area contributed by atoms with E-state index in [1.54, 1.807) is 0 Å². The fraction of sp³-hybridized carbons (Fsp3) is 0.682.